The second-order valence-electron chi connectivity index (χ2n) is 5.34. The zero-order chi connectivity index (χ0) is 15.2. The first kappa shape index (κ1) is 16.8. The largest absolute Gasteiger partial charge is 0.384 e. The van der Waals surface area contributed by atoms with E-state index in [0.717, 1.165) is 31.5 Å². The number of carbonyl (C=O) groups excluding carboxylic acids is 1. The van der Waals surface area contributed by atoms with E-state index >= 15 is 0 Å². The van der Waals surface area contributed by atoms with Gasteiger partial charge in [0, 0.05) is 22.8 Å². The van der Waals surface area contributed by atoms with Crippen molar-refractivity contribution < 1.29 is 4.79 Å². The molecule has 0 aromatic heterocycles. The molecule has 1 aromatic rings. The Bertz CT molecular complexity index is 456. The first-order valence-electron chi connectivity index (χ1n) is 7.31. The summed E-state index contributed by atoms with van der Waals surface area (Å²) in [4.78, 5) is 12.5. The van der Waals surface area contributed by atoms with Crippen LogP contribution in [0.1, 0.15) is 57.3 Å². The van der Waals surface area contributed by atoms with Crippen LogP contribution in [0.4, 0.5) is 5.69 Å². The van der Waals surface area contributed by atoms with E-state index in [0.29, 0.717) is 10.6 Å². The second-order valence-corrected chi connectivity index (χ2v) is 5.78. The predicted octanol–water partition coefficient (Wildman–Crippen LogP) is 4.47. The van der Waals surface area contributed by atoms with Crippen LogP contribution in [0.3, 0.4) is 0 Å². The molecule has 0 saturated carbocycles. The molecule has 0 atom stereocenters. The zero-order valence-corrected chi connectivity index (χ0v) is 13.6. The summed E-state index contributed by atoms with van der Waals surface area (Å²) in [5, 5.41) is 6.96. The van der Waals surface area contributed by atoms with Crippen LogP contribution in [0.15, 0.2) is 18.2 Å². The van der Waals surface area contributed by atoms with Gasteiger partial charge in [-0.05, 0) is 44.4 Å². The average molecular weight is 297 g/mol. The van der Waals surface area contributed by atoms with Crippen molar-refractivity contribution in [2.45, 2.75) is 52.5 Å². The minimum atomic E-state index is -0.179. The van der Waals surface area contributed by atoms with Crippen LogP contribution in [-0.4, -0.2) is 18.0 Å². The third-order valence-corrected chi connectivity index (χ3v) is 4.00. The van der Waals surface area contributed by atoms with E-state index in [4.69, 9.17) is 11.6 Å². The van der Waals surface area contributed by atoms with Gasteiger partial charge in [0.25, 0.3) is 5.91 Å². The highest BCUT2D eigenvalue weighted by Gasteiger charge is 2.23. The minimum absolute atomic E-state index is 0.0719. The number of hydrogen-bond acceptors (Lipinski definition) is 2. The molecule has 0 aliphatic carbocycles. The molecule has 0 aliphatic rings. The number of rotatable bonds is 7. The maximum Gasteiger partial charge on any atom is 0.253 e. The number of hydrogen-bond donors (Lipinski definition) is 2. The molecule has 112 valence electrons. The summed E-state index contributed by atoms with van der Waals surface area (Å²) >= 11 is 6.03. The normalized spacial score (nSPS) is 11.2. The van der Waals surface area contributed by atoms with Gasteiger partial charge in [0.15, 0.2) is 0 Å². The van der Waals surface area contributed by atoms with Crippen LogP contribution < -0.4 is 10.6 Å². The summed E-state index contributed by atoms with van der Waals surface area (Å²) in [5.74, 6) is -0.0719. The fraction of sp³-hybridized carbons (Fsp3) is 0.562. The first-order valence-corrected chi connectivity index (χ1v) is 7.69. The molecule has 0 aliphatic heterocycles. The molecule has 20 heavy (non-hydrogen) atoms. The fourth-order valence-corrected chi connectivity index (χ4v) is 2.06. The Hall–Kier alpha value is -1.22. The van der Waals surface area contributed by atoms with Crippen LogP contribution in [0.2, 0.25) is 5.02 Å². The van der Waals surface area contributed by atoms with Crippen molar-refractivity contribution in [2.75, 3.05) is 11.9 Å². The highest BCUT2D eigenvalue weighted by atomic mass is 35.5. The van der Waals surface area contributed by atoms with Crippen LogP contribution in [0, 0.1) is 0 Å². The average Bonchev–Trinajstić information content (AvgIpc) is 2.45. The van der Waals surface area contributed by atoms with Crippen molar-refractivity contribution >= 4 is 23.2 Å². The molecule has 1 aromatic carbocycles. The van der Waals surface area contributed by atoms with Crippen molar-refractivity contribution in [2.24, 2.45) is 0 Å². The molecule has 0 heterocycles. The number of benzene rings is 1. The maximum absolute atomic E-state index is 12.5. The van der Waals surface area contributed by atoms with Gasteiger partial charge in [-0.3, -0.25) is 4.79 Å². The molecule has 0 saturated heterocycles. The first-order chi connectivity index (χ1) is 9.45. The van der Waals surface area contributed by atoms with Crippen molar-refractivity contribution in [3.05, 3.63) is 28.8 Å². The summed E-state index contributed by atoms with van der Waals surface area (Å²) in [6, 6.07) is 5.39. The van der Waals surface area contributed by atoms with Gasteiger partial charge >= 0.3 is 0 Å². The van der Waals surface area contributed by atoms with Crippen molar-refractivity contribution in [1.29, 1.82) is 0 Å². The van der Waals surface area contributed by atoms with Gasteiger partial charge in [-0.25, -0.2) is 0 Å². The number of anilines is 1. The highest BCUT2D eigenvalue weighted by Crippen LogP contribution is 2.22. The Kier molecular flexibility index (Phi) is 6.34. The maximum atomic E-state index is 12.5. The van der Waals surface area contributed by atoms with Gasteiger partial charge in [-0.15, -0.1) is 0 Å². The molecule has 4 heteroatoms. The highest BCUT2D eigenvalue weighted by molar-refractivity contribution is 6.31. The minimum Gasteiger partial charge on any atom is -0.384 e. The van der Waals surface area contributed by atoms with E-state index in [9.17, 15) is 4.79 Å². The second kappa shape index (κ2) is 7.53. The van der Waals surface area contributed by atoms with Gasteiger partial charge in [-0.1, -0.05) is 32.4 Å². The van der Waals surface area contributed by atoms with Gasteiger partial charge in [0.05, 0.1) is 5.56 Å². The van der Waals surface area contributed by atoms with Crippen molar-refractivity contribution in [1.82, 2.24) is 5.32 Å². The quantitative estimate of drug-likeness (QED) is 0.779. The molecule has 3 nitrogen and oxygen atoms in total. The van der Waals surface area contributed by atoms with E-state index in [-0.39, 0.29) is 11.4 Å². The lowest BCUT2D eigenvalue weighted by Gasteiger charge is -2.28. The molecular weight excluding hydrogens is 272 g/mol. The Morgan fingerprint density at radius 2 is 1.90 bits per heavy atom. The summed E-state index contributed by atoms with van der Waals surface area (Å²) in [7, 11) is 0. The number of halogens is 1. The van der Waals surface area contributed by atoms with E-state index in [1.165, 1.54) is 0 Å². The van der Waals surface area contributed by atoms with Crippen LogP contribution in [0.25, 0.3) is 0 Å². The summed E-state index contributed by atoms with van der Waals surface area (Å²) in [5.41, 5.74) is 1.27. The Morgan fingerprint density at radius 1 is 1.25 bits per heavy atom. The molecule has 0 radical (unpaired) electrons. The lowest BCUT2D eigenvalue weighted by atomic mass is 9.95. The molecule has 0 spiro atoms. The summed E-state index contributed by atoms with van der Waals surface area (Å²) < 4.78 is 0. The van der Waals surface area contributed by atoms with E-state index in [1.807, 2.05) is 6.07 Å². The van der Waals surface area contributed by atoms with Crippen LogP contribution in [0.5, 0.6) is 0 Å². The fourth-order valence-electron chi connectivity index (χ4n) is 1.89. The Balaban J connectivity index is 2.98. The number of carbonyl (C=O) groups is 1. The van der Waals surface area contributed by atoms with E-state index in [1.54, 1.807) is 12.1 Å². The molecule has 0 fully saturated rings. The third kappa shape index (κ3) is 4.41. The third-order valence-electron chi connectivity index (χ3n) is 3.77. The molecule has 2 N–H and O–H groups in total. The topological polar surface area (TPSA) is 41.1 Å². The summed E-state index contributed by atoms with van der Waals surface area (Å²) in [6.45, 7) is 9.15. The number of amides is 1. The van der Waals surface area contributed by atoms with Crippen LogP contribution >= 0.6 is 11.6 Å². The van der Waals surface area contributed by atoms with Gasteiger partial charge in [-0.2, -0.15) is 0 Å². The van der Waals surface area contributed by atoms with Crippen molar-refractivity contribution in [3.8, 4) is 0 Å². The van der Waals surface area contributed by atoms with Gasteiger partial charge in [0.1, 0.15) is 0 Å². The predicted molar refractivity (Wildman–Crippen MR) is 86.7 cm³/mol. The SMILES string of the molecule is CCCNc1ccc(Cl)cc1C(=O)NC(C)(CC)CC. The molecule has 0 bridgehead atoms. The van der Waals surface area contributed by atoms with E-state index in [2.05, 4.69) is 38.3 Å². The lowest BCUT2D eigenvalue weighted by Crippen LogP contribution is -2.45. The molecular formula is C16H25ClN2O. The van der Waals surface area contributed by atoms with E-state index < -0.39 is 0 Å². The lowest BCUT2D eigenvalue weighted by molar-refractivity contribution is 0.0902. The molecule has 0 unspecified atom stereocenters. The molecule has 1 rings (SSSR count). The standard InChI is InChI=1S/C16H25ClN2O/c1-5-10-18-14-9-8-12(17)11-13(14)15(20)19-16(4,6-2)7-3/h8-9,11,18H,5-7,10H2,1-4H3,(H,19,20). The zero-order valence-electron chi connectivity index (χ0n) is 12.8. The number of nitrogens with one attached hydrogen (secondary N) is 2. The van der Waals surface area contributed by atoms with Gasteiger partial charge < -0.3 is 10.6 Å². The van der Waals surface area contributed by atoms with Gasteiger partial charge in [0.2, 0.25) is 0 Å². The smallest absolute Gasteiger partial charge is 0.253 e. The van der Waals surface area contributed by atoms with Crippen molar-refractivity contribution in [3.63, 3.8) is 0 Å². The van der Waals surface area contributed by atoms with Crippen LogP contribution in [-0.2, 0) is 0 Å². The monoisotopic (exact) mass is 296 g/mol. The Morgan fingerprint density at radius 3 is 2.45 bits per heavy atom. The molecule has 1 amide bonds. The Labute approximate surface area is 127 Å². The summed E-state index contributed by atoms with van der Waals surface area (Å²) in [6.07, 6.45) is 2.80.